The second-order valence-corrected chi connectivity index (χ2v) is 2.78. The van der Waals surface area contributed by atoms with Gasteiger partial charge in [-0.15, -0.1) is 0 Å². The van der Waals surface area contributed by atoms with Gasteiger partial charge in [0.2, 0.25) is 0 Å². The van der Waals surface area contributed by atoms with E-state index in [1.807, 2.05) is 0 Å². The van der Waals surface area contributed by atoms with Crippen LogP contribution < -0.4 is 10.1 Å². The highest BCUT2D eigenvalue weighted by Crippen LogP contribution is 1.99. The topological polar surface area (TPSA) is 47.0 Å². The molecule has 1 aromatic rings. The Morgan fingerprint density at radius 1 is 1.36 bits per heavy atom. The van der Waals surface area contributed by atoms with Crippen LogP contribution >= 0.6 is 0 Å². The highest BCUT2D eigenvalue weighted by Gasteiger charge is 1.96. The molecule has 0 aliphatic rings. The SMILES string of the molecule is CCCNCCOc1ncc(F)cn1. The first-order valence-electron chi connectivity index (χ1n) is 4.64. The number of nitrogens with one attached hydrogen (secondary N) is 1. The Kier molecular flexibility index (Phi) is 4.85. The van der Waals surface area contributed by atoms with Crippen LogP contribution in [0.4, 0.5) is 4.39 Å². The molecule has 1 rings (SSSR count). The molecule has 0 bridgehead atoms. The molecule has 4 nitrogen and oxygen atoms in total. The lowest BCUT2D eigenvalue weighted by Gasteiger charge is -2.04. The molecular formula is C9H14FN3O. The maximum Gasteiger partial charge on any atom is 0.316 e. The van der Waals surface area contributed by atoms with Crippen molar-refractivity contribution in [2.24, 2.45) is 0 Å². The van der Waals surface area contributed by atoms with Gasteiger partial charge in [-0.25, -0.2) is 14.4 Å². The highest BCUT2D eigenvalue weighted by molar-refractivity contribution is 4.95. The van der Waals surface area contributed by atoms with E-state index in [4.69, 9.17) is 4.74 Å². The third-order valence-electron chi connectivity index (χ3n) is 1.53. The maximum atomic E-state index is 12.4. The molecule has 1 N–H and O–H groups in total. The van der Waals surface area contributed by atoms with E-state index in [9.17, 15) is 4.39 Å². The second kappa shape index (κ2) is 6.26. The molecule has 0 fully saturated rings. The van der Waals surface area contributed by atoms with Crippen molar-refractivity contribution >= 4 is 0 Å². The molecule has 0 aromatic carbocycles. The predicted molar refractivity (Wildman–Crippen MR) is 50.6 cm³/mol. The number of hydrogen-bond donors (Lipinski definition) is 1. The summed E-state index contributed by atoms with van der Waals surface area (Å²) in [4.78, 5) is 7.32. The Balaban J connectivity index is 2.15. The van der Waals surface area contributed by atoms with Crippen LogP contribution in [0.15, 0.2) is 12.4 Å². The zero-order valence-corrected chi connectivity index (χ0v) is 8.16. The number of nitrogens with zero attached hydrogens (tertiary/aromatic N) is 2. The summed E-state index contributed by atoms with van der Waals surface area (Å²) < 4.78 is 17.5. The van der Waals surface area contributed by atoms with Crippen molar-refractivity contribution in [1.29, 1.82) is 0 Å². The molecule has 0 radical (unpaired) electrons. The fraction of sp³-hybridized carbons (Fsp3) is 0.556. The molecule has 0 saturated heterocycles. The molecule has 1 aromatic heterocycles. The molecule has 0 unspecified atom stereocenters. The molecule has 1 heterocycles. The number of ether oxygens (including phenoxy) is 1. The molecule has 0 saturated carbocycles. The fourth-order valence-corrected chi connectivity index (χ4v) is 0.891. The van der Waals surface area contributed by atoms with Gasteiger partial charge < -0.3 is 10.1 Å². The van der Waals surface area contributed by atoms with Crippen molar-refractivity contribution in [2.75, 3.05) is 19.7 Å². The lowest BCUT2D eigenvalue weighted by molar-refractivity contribution is 0.288. The van der Waals surface area contributed by atoms with Gasteiger partial charge in [0, 0.05) is 6.54 Å². The van der Waals surface area contributed by atoms with Gasteiger partial charge in [-0.2, -0.15) is 0 Å². The van der Waals surface area contributed by atoms with Gasteiger partial charge in [-0.3, -0.25) is 0 Å². The van der Waals surface area contributed by atoms with Crippen LogP contribution in [0.5, 0.6) is 6.01 Å². The van der Waals surface area contributed by atoms with E-state index in [0.29, 0.717) is 6.61 Å². The van der Waals surface area contributed by atoms with Crippen molar-refractivity contribution < 1.29 is 9.13 Å². The van der Waals surface area contributed by atoms with Crippen molar-refractivity contribution in [3.8, 4) is 6.01 Å². The predicted octanol–water partition coefficient (Wildman–Crippen LogP) is 0.994. The van der Waals surface area contributed by atoms with Gasteiger partial charge >= 0.3 is 6.01 Å². The Hall–Kier alpha value is -1.23. The third kappa shape index (κ3) is 4.13. The Bertz CT molecular complexity index is 253. The van der Waals surface area contributed by atoms with Crippen molar-refractivity contribution in [3.05, 3.63) is 18.2 Å². The minimum atomic E-state index is -0.457. The quantitative estimate of drug-likeness (QED) is 0.694. The van der Waals surface area contributed by atoms with Crippen molar-refractivity contribution in [1.82, 2.24) is 15.3 Å². The first-order valence-corrected chi connectivity index (χ1v) is 4.64. The van der Waals surface area contributed by atoms with Crippen molar-refractivity contribution in [2.45, 2.75) is 13.3 Å². The Labute approximate surface area is 82.5 Å². The van der Waals surface area contributed by atoms with Gasteiger partial charge in [0.25, 0.3) is 0 Å². The van der Waals surface area contributed by atoms with Crippen LogP contribution in [-0.4, -0.2) is 29.7 Å². The van der Waals surface area contributed by atoms with Crippen LogP contribution in [0, 0.1) is 5.82 Å². The third-order valence-corrected chi connectivity index (χ3v) is 1.53. The van der Waals surface area contributed by atoms with E-state index in [1.165, 1.54) is 0 Å². The summed E-state index contributed by atoms with van der Waals surface area (Å²) in [7, 11) is 0. The van der Waals surface area contributed by atoms with Gasteiger partial charge in [-0.1, -0.05) is 6.92 Å². The fourth-order valence-electron chi connectivity index (χ4n) is 0.891. The molecule has 5 heteroatoms. The molecule has 0 amide bonds. The summed E-state index contributed by atoms with van der Waals surface area (Å²) in [6, 6.07) is 0.213. The van der Waals surface area contributed by atoms with E-state index < -0.39 is 5.82 Å². The van der Waals surface area contributed by atoms with E-state index in [-0.39, 0.29) is 6.01 Å². The van der Waals surface area contributed by atoms with Crippen LogP contribution in [-0.2, 0) is 0 Å². The average molecular weight is 199 g/mol. The summed E-state index contributed by atoms with van der Waals surface area (Å²) in [6.07, 6.45) is 3.26. The lowest BCUT2D eigenvalue weighted by atomic mass is 10.5. The average Bonchev–Trinajstić information content (AvgIpc) is 2.21. The second-order valence-electron chi connectivity index (χ2n) is 2.78. The van der Waals surface area contributed by atoms with Gasteiger partial charge in [0.15, 0.2) is 5.82 Å². The van der Waals surface area contributed by atoms with Crippen LogP contribution in [0.1, 0.15) is 13.3 Å². The molecule has 0 atom stereocenters. The molecular weight excluding hydrogens is 185 g/mol. The molecule has 14 heavy (non-hydrogen) atoms. The normalized spacial score (nSPS) is 10.1. The van der Waals surface area contributed by atoms with E-state index in [1.54, 1.807) is 0 Å². The molecule has 0 spiro atoms. The summed E-state index contributed by atoms with van der Waals surface area (Å²) in [6.45, 7) is 4.30. The number of halogens is 1. The van der Waals surface area contributed by atoms with E-state index >= 15 is 0 Å². The minimum absolute atomic E-state index is 0.213. The number of rotatable bonds is 6. The zero-order valence-electron chi connectivity index (χ0n) is 8.16. The van der Waals surface area contributed by atoms with Crippen molar-refractivity contribution in [3.63, 3.8) is 0 Å². The van der Waals surface area contributed by atoms with Gasteiger partial charge in [0.05, 0.1) is 12.4 Å². The smallest absolute Gasteiger partial charge is 0.316 e. The first kappa shape index (κ1) is 10.8. The summed E-state index contributed by atoms with van der Waals surface area (Å²) >= 11 is 0. The summed E-state index contributed by atoms with van der Waals surface area (Å²) in [5.41, 5.74) is 0. The summed E-state index contributed by atoms with van der Waals surface area (Å²) in [5, 5.41) is 3.16. The number of aromatic nitrogens is 2. The number of hydrogen-bond acceptors (Lipinski definition) is 4. The molecule has 0 aliphatic heterocycles. The Morgan fingerprint density at radius 3 is 2.71 bits per heavy atom. The monoisotopic (exact) mass is 199 g/mol. The first-order chi connectivity index (χ1) is 6.83. The van der Waals surface area contributed by atoms with Gasteiger partial charge in [0.1, 0.15) is 6.61 Å². The van der Waals surface area contributed by atoms with Gasteiger partial charge in [-0.05, 0) is 13.0 Å². The van der Waals surface area contributed by atoms with Crippen LogP contribution in [0.2, 0.25) is 0 Å². The van der Waals surface area contributed by atoms with Crippen LogP contribution in [0.3, 0.4) is 0 Å². The highest BCUT2D eigenvalue weighted by atomic mass is 19.1. The van der Waals surface area contributed by atoms with Crippen LogP contribution in [0.25, 0.3) is 0 Å². The lowest BCUT2D eigenvalue weighted by Crippen LogP contribution is -2.22. The standard InChI is InChI=1S/C9H14FN3O/c1-2-3-11-4-5-14-9-12-6-8(10)7-13-9/h6-7,11H,2-5H2,1H3. The largest absolute Gasteiger partial charge is 0.462 e. The van der Waals surface area contributed by atoms with E-state index in [2.05, 4.69) is 22.2 Å². The zero-order chi connectivity index (χ0) is 10.2. The van der Waals surface area contributed by atoms with E-state index in [0.717, 1.165) is 31.9 Å². The Morgan fingerprint density at radius 2 is 2.07 bits per heavy atom. The molecule has 78 valence electrons. The summed E-state index contributed by atoms with van der Waals surface area (Å²) in [5.74, 6) is -0.457. The minimum Gasteiger partial charge on any atom is -0.462 e. The molecule has 0 aliphatic carbocycles. The maximum absolute atomic E-state index is 12.4.